The molecule has 0 amide bonds. The van der Waals surface area contributed by atoms with Crippen molar-refractivity contribution in [2.75, 3.05) is 60.6 Å². The number of nitrogens with zero attached hydrogens (tertiary/aromatic N) is 3. The molecule has 0 aliphatic carbocycles. The van der Waals surface area contributed by atoms with Gasteiger partial charge < -0.3 is 19.2 Å². The minimum Gasteiger partial charge on any atom is -0.496 e. The van der Waals surface area contributed by atoms with Crippen LogP contribution in [-0.2, 0) is 0 Å². The Labute approximate surface area is 195 Å². The molecule has 2 aromatic carbocycles. The van der Waals surface area contributed by atoms with Crippen molar-refractivity contribution >= 4 is 10.8 Å². The average molecular weight is 452 g/mol. The van der Waals surface area contributed by atoms with E-state index in [2.05, 4.69) is 29.0 Å². The van der Waals surface area contributed by atoms with Gasteiger partial charge in [0.05, 0.1) is 18.2 Å². The van der Waals surface area contributed by atoms with Crippen molar-refractivity contribution in [3.8, 4) is 22.8 Å². The summed E-state index contributed by atoms with van der Waals surface area (Å²) in [5.74, 6) is 1.44. The summed E-state index contributed by atoms with van der Waals surface area (Å²) in [4.78, 5) is 23.5. The van der Waals surface area contributed by atoms with E-state index >= 15 is 0 Å². The van der Waals surface area contributed by atoms with E-state index in [1.165, 1.54) is 11.8 Å². The SMILES string of the molecule is COc1cccc2cc(-c3cc(C)c(OCCN4CCN(C)CC4)c(C)c3)n(OC)c(=O)c12. The van der Waals surface area contributed by atoms with Gasteiger partial charge in [-0.3, -0.25) is 9.69 Å². The molecule has 7 heteroatoms. The molecule has 4 rings (SSSR count). The molecule has 0 bridgehead atoms. The molecule has 33 heavy (non-hydrogen) atoms. The van der Waals surface area contributed by atoms with Gasteiger partial charge >= 0.3 is 0 Å². The van der Waals surface area contributed by atoms with Gasteiger partial charge in [0.25, 0.3) is 5.56 Å². The van der Waals surface area contributed by atoms with Crippen molar-refractivity contribution in [1.82, 2.24) is 14.5 Å². The Balaban J connectivity index is 1.62. The topological polar surface area (TPSA) is 56.2 Å². The van der Waals surface area contributed by atoms with Gasteiger partial charge in [-0.05, 0) is 61.7 Å². The number of fused-ring (bicyclic) bond motifs is 1. The second-order valence-corrected chi connectivity index (χ2v) is 8.67. The van der Waals surface area contributed by atoms with Crippen molar-refractivity contribution in [3.63, 3.8) is 0 Å². The fourth-order valence-corrected chi connectivity index (χ4v) is 4.54. The Morgan fingerprint density at radius 1 is 0.970 bits per heavy atom. The van der Waals surface area contributed by atoms with Crippen LogP contribution in [-0.4, -0.2) is 75.1 Å². The van der Waals surface area contributed by atoms with Crippen LogP contribution < -0.4 is 19.9 Å². The molecule has 0 spiro atoms. The minimum atomic E-state index is -0.245. The van der Waals surface area contributed by atoms with Crippen molar-refractivity contribution in [2.24, 2.45) is 0 Å². The number of rotatable bonds is 7. The van der Waals surface area contributed by atoms with Crippen LogP contribution in [0.1, 0.15) is 11.1 Å². The van der Waals surface area contributed by atoms with Crippen LogP contribution in [0.4, 0.5) is 0 Å². The van der Waals surface area contributed by atoms with Gasteiger partial charge in [0.1, 0.15) is 25.2 Å². The predicted molar refractivity (Wildman–Crippen MR) is 132 cm³/mol. The molecule has 1 aliphatic rings. The fourth-order valence-electron chi connectivity index (χ4n) is 4.54. The molecule has 0 N–H and O–H groups in total. The fraction of sp³-hybridized carbons (Fsp3) is 0.423. The van der Waals surface area contributed by atoms with Crippen LogP contribution in [0.25, 0.3) is 22.0 Å². The Kier molecular flexibility index (Phi) is 6.91. The number of aryl methyl sites for hydroxylation is 2. The van der Waals surface area contributed by atoms with Crippen molar-refractivity contribution in [2.45, 2.75) is 13.8 Å². The smallest absolute Gasteiger partial charge is 0.295 e. The second-order valence-electron chi connectivity index (χ2n) is 8.67. The Bertz CT molecular complexity index is 1170. The number of pyridine rings is 1. The zero-order chi connectivity index (χ0) is 23.5. The highest BCUT2D eigenvalue weighted by atomic mass is 16.6. The van der Waals surface area contributed by atoms with E-state index in [-0.39, 0.29) is 5.56 Å². The van der Waals surface area contributed by atoms with E-state index in [9.17, 15) is 4.79 Å². The Morgan fingerprint density at radius 3 is 2.30 bits per heavy atom. The Morgan fingerprint density at radius 2 is 1.67 bits per heavy atom. The maximum atomic E-state index is 13.2. The third kappa shape index (κ3) is 4.70. The minimum absolute atomic E-state index is 0.245. The molecule has 0 saturated carbocycles. The molecule has 7 nitrogen and oxygen atoms in total. The van der Waals surface area contributed by atoms with E-state index in [0.717, 1.165) is 60.5 Å². The van der Waals surface area contributed by atoms with Crippen LogP contribution in [0.3, 0.4) is 0 Å². The average Bonchev–Trinajstić information content (AvgIpc) is 2.81. The number of ether oxygens (including phenoxy) is 2. The number of piperazine rings is 1. The second kappa shape index (κ2) is 9.85. The quantitative estimate of drug-likeness (QED) is 0.551. The van der Waals surface area contributed by atoms with Crippen LogP contribution in [0, 0.1) is 13.8 Å². The molecule has 0 unspecified atom stereocenters. The summed E-state index contributed by atoms with van der Waals surface area (Å²) in [6.07, 6.45) is 0. The zero-order valence-corrected chi connectivity index (χ0v) is 20.2. The molecule has 1 saturated heterocycles. The van der Waals surface area contributed by atoms with Crippen LogP contribution in [0.5, 0.6) is 11.5 Å². The third-order valence-corrected chi connectivity index (χ3v) is 6.38. The van der Waals surface area contributed by atoms with Crippen LogP contribution in [0.2, 0.25) is 0 Å². The lowest BCUT2D eigenvalue weighted by atomic mass is 10.0. The molecule has 0 atom stereocenters. The molecule has 2 heterocycles. The van der Waals surface area contributed by atoms with Gasteiger partial charge in [-0.15, -0.1) is 4.73 Å². The summed E-state index contributed by atoms with van der Waals surface area (Å²) < 4.78 is 12.9. The van der Waals surface area contributed by atoms with Gasteiger partial charge in [-0.25, -0.2) is 0 Å². The van der Waals surface area contributed by atoms with Gasteiger partial charge in [-0.2, -0.15) is 0 Å². The lowest BCUT2D eigenvalue weighted by Gasteiger charge is -2.32. The van der Waals surface area contributed by atoms with Crippen LogP contribution >= 0.6 is 0 Å². The number of hydrogen-bond donors (Lipinski definition) is 0. The van der Waals surface area contributed by atoms with E-state index < -0.39 is 0 Å². The summed E-state index contributed by atoms with van der Waals surface area (Å²) in [5.41, 5.74) is 3.41. The highest BCUT2D eigenvalue weighted by Gasteiger charge is 2.18. The molecule has 1 aromatic heterocycles. The van der Waals surface area contributed by atoms with Crippen molar-refractivity contribution < 1.29 is 14.3 Å². The monoisotopic (exact) mass is 451 g/mol. The van der Waals surface area contributed by atoms with E-state index in [0.29, 0.717) is 23.4 Å². The van der Waals surface area contributed by atoms with Gasteiger partial charge in [0.15, 0.2) is 0 Å². The molecule has 176 valence electrons. The lowest BCUT2D eigenvalue weighted by Crippen LogP contribution is -2.45. The summed E-state index contributed by atoms with van der Waals surface area (Å²) in [7, 11) is 5.23. The highest BCUT2D eigenvalue weighted by Crippen LogP contribution is 2.32. The number of methoxy groups -OCH3 is 1. The molecule has 0 radical (unpaired) electrons. The first-order valence-corrected chi connectivity index (χ1v) is 11.4. The first-order valence-electron chi connectivity index (χ1n) is 11.4. The highest BCUT2D eigenvalue weighted by molar-refractivity contribution is 5.90. The number of aromatic nitrogens is 1. The van der Waals surface area contributed by atoms with E-state index in [1.807, 2.05) is 32.0 Å². The maximum absolute atomic E-state index is 13.2. The predicted octanol–water partition coefficient (Wildman–Crippen LogP) is 2.98. The van der Waals surface area contributed by atoms with Crippen LogP contribution in [0.15, 0.2) is 41.2 Å². The normalized spacial score (nSPS) is 15.1. The molecule has 1 fully saturated rings. The molecular formula is C26H33N3O4. The number of hydrogen-bond acceptors (Lipinski definition) is 6. The lowest BCUT2D eigenvalue weighted by molar-refractivity contribution is 0.133. The first kappa shape index (κ1) is 23.1. The van der Waals surface area contributed by atoms with Gasteiger partial charge in [0, 0.05) is 38.3 Å². The summed E-state index contributed by atoms with van der Waals surface area (Å²) >= 11 is 0. The Hall–Kier alpha value is -3.03. The molecule has 3 aromatic rings. The van der Waals surface area contributed by atoms with Crippen molar-refractivity contribution in [1.29, 1.82) is 0 Å². The number of likely N-dealkylation sites (N-methyl/N-ethyl adjacent to an activating group) is 1. The number of benzene rings is 2. The van der Waals surface area contributed by atoms with Gasteiger partial charge in [0.2, 0.25) is 0 Å². The van der Waals surface area contributed by atoms with E-state index in [4.69, 9.17) is 14.3 Å². The summed E-state index contributed by atoms with van der Waals surface area (Å²) in [6, 6.07) is 11.6. The molecular weight excluding hydrogens is 418 g/mol. The summed E-state index contributed by atoms with van der Waals surface area (Å²) in [5, 5.41) is 1.31. The maximum Gasteiger partial charge on any atom is 0.295 e. The van der Waals surface area contributed by atoms with E-state index in [1.54, 1.807) is 13.2 Å². The largest absolute Gasteiger partial charge is 0.496 e. The standard InChI is InChI=1S/C26H33N3O4/c1-18-15-21(16-19(2)25(18)33-14-13-28-11-9-27(3)10-12-28)22-17-20-7-6-8-23(31-4)24(20)26(30)29(22)32-5/h6-8,15-17H,9-14H2,1-5H3. The molecule has 1 aliphatic heterocycles. The zero-order valence-electron chi connectivity index (χ0n) is 20.2. The first-order chi connectivity index (χ1) is 15.9. The van der Waals surface area contributed by atoms with Crippen molar-refractivity contribution in [3.05, 3.63) is 57.9 Å². The van der Waals surface area contributed by atoms with Gasteiger partial charge in [-0.1, -0.05) is 12.1 Å². The third-order valence-electron chi connectivity index (χ3n) is 6.38. The summed E-state index contributed by atoms with van der Waals surface area (Å²) in [6.45, 7) is 10.0.